The molecule has 0 radical (unpaired) electrons. The molecule has 0 atom stereocenters. The SMILES string of the molecule is CCOCc1cc(Nc2ccc(-c3ccc(N4CCNC4=O)cc3)[nH]2)cc(OCCOC)c1. The lowest BCUT2D eigenvalue weighted by Crippen LogP contribution is -2.27. The van der Waals surface area contributed by atoms with Gasteiger partial charge in [-0.2, -0.15) is 0 Å². The van der Waals surface area contributed by atoms with E-state index < -0.39 is 0 Å². The molecular weight excluding hydrogens is 420 g/mol. The zero-order valence-corrected chi connectivity index (χ0v) is 19.0. The van der Waals surface area contributed by atoms with E-state index in [0.29, 0.717) is 39.5 Å². The minimum Gasteiger partial charge on any atom is -0.491 e. The number of methoxy groups -OCH3 is 1. The number of aromatic nitrogens is 1. The Bertz CT molecular complexity index is 1060. The number of aromatic amines is 1. The second kappa shape index (κ2) is 10.9. The van der Waals surface area contributed by atoms with E-state index in [2.05, 4.69) is 21.7 Å². The molecule has 2 aromatic carbocycles. The highest BCUT2D eigenvalue weighted by molar-refractivity contribution is 5.94. The predicted octanol–water partition coefficient (Wildman–Crippen LogP) is 4.52. The van der Waals surface area contributed by atoms with Crippen LogP contribution in [0.2, 0.25) is 0 Å². The first-order valence-electron chi connectivity index (χ1n) is 11.1. The number of ether oxygens (including phenoxy) is 3. The van der Waals surface area contributed by atoms with E-state index in [1.54, 1.807) is 12.0 Å². The van der Waals surface area contributed by atoms with Gasteiger partial charge in [0.25, 0.3) is 0 Å². The molecule has 4 rings (SSSR count). The van der Waals surface area contributed by atoms with Crippen LogP contribution in [-0.4, -0.2) is 51.0 Å². The van der Waals surface area contributed by atoms with Gasteiger partial charge in [0, 0.05) is 49.9 Å². The van der Waals surface area contributed by atoms with E-state index in [4.69, 9.17) is 14.2 Å². The van der Waals surface area contributed by atoms with E-state index in [0.717, 1.165) is 39.8 Å². The number of nitrogens with zero attached hydrogens (tertiary/aromatic N) is 1. The summed E-state index contributed by atoms with van der Waals surface area (Å²) in [5.41, 5.74) is 4.86. The summed E-state index contributed by atoms with van der Waals surface area (Å²) in [7, 11) is 1.65. The van der Waals surface area contributed by atoms with Gasteiger partial charge in [0.05, 0.1) is 13.2 Å². The molecule has 3 aromatic rings. The molecule has 174 valence electrons. The van der Waals surface area contributed by atoms with E-state index in [9.17, 15) is 4.79 Å². The van der Waals surface area contributed by atoms with Crippen molar-refractivity contribution in [1.29, 1.82) is 0 Å². The van der Waals surface area contributed by atoms with Crippen molar-refractivity contribution in [3.8, 4) is 17.0 Å². The van der Waals surface area contributed by atoms with E-state index in [-0.39, 0.29) is 6.03 Å². The maximum absolute atomic E-state index is 11.9. The van der Waals surface area contributed by atoms with Gasteiger partial charge in [0.2, 0.25) is 0 Å². The molecule has 1 aliphatic rings. The molecule has 3 N–H and O–H groups in total. The monoisotopic (exact) mass is 450 g/mol. The maximum Gasteiger partial charge on any atom is 0.321 e. The second-order valence-electron chi connectivity index (χ2n) is 7.69. The lowest BCUT2D eigenvalue weighted by Gasteiger charge is -2.14. The van der Waals surface area contributed by atoms with Gasteiger partial charge in [0.15, 0.2) is 0 Å². The van der Waals surface area contributed by atoms with Crippen LogP contribution in [0.5, 0.6) is 5.75 Å². The highest BCUT2D eigenvalue weighted by atomic mass is 16.5. The molecule has 0 aliphatic carbocycles. The van der Waals surface area contributed by atoms with E-state index in [1.807, 2.05) is 55.5 Å². The average molecular weight is 451 g/mol. The zero-order valence-electron chi connectivity index (χ0n) is 19.0. The topological polar surface area (TPSA) is 87.9 Å². The van der Waals surface area contributed by atoms with Gasteiger partial charge in [-0.3, -0.25) is 4.90 Å². The Balaban J connectivity index is 1.47. The number of carbonyl (C=O) groups is 1. The Labute approximate surface area is 193 Å². The molecule has 0 spiro atoms. The van der Waals surface area contributed by atoms with Crippen LogP contribution in [0.3, 0.4) is 0 Å². The molecule has 8 nitrogen and oxygen atoms in total. The molecular formula is C25H30N4O4. The molecule has 0 bridgehead atoms. The normalized spacial score (nSPS) is 13.3. The minimum absolute atomic E-state index is 0.0498. The summed E-state index contributed by atoms with van der Waals surface area (Å²) in [4.78, 5) is 17.0. The summed E-state index contributed by atoms with van der Waals surface area (Å²) < 4.78 is 16.5. The van der Waals surface area contributed by atoms with Crippen molar-refractivity contribution in [2.24, 2.45) is 0 Å². The molecule has 1 fully saturated rings. The van der Waals surface area contributed by atoms with Crippen LogP contribution in [0.15, 0.2) is 54.6 Å². The highest BCUT2D eigenvalue weighted by Crippen LogP contribution is 2.28. The highest BCUT2D eigenvalue weighted by Gasteiger charge is 2.20. The average Bonchev–Trinajstić information content (AvgIpc) is 3.47. The molecule has 1 aliphatic heterocycles. The standard InChI is InChI=1S/C25H30N4O4/c1-3-32-17-18-14-20(16-22(15-18)33-13-12-31-2)27-24-9-8-23(28-24)19-4-6-21(7-5-19)29-11-10-26-25(29)30/h4-9,14-16,27-28H,3,10-13,17H2,1-2H3,(H,26,30). The third kappa shape index (κ3) is 5.85. The molecule has 0 saturated carbocycles. The smallest absolute Gasteiger partial charge is 0.321 e. The summed E-state index contributed by atoms with van der Waals surface area (Å²) in [5.74, 6) is 1.63. The number of hydrogen-bond donors (Lipinski definition) is 3. The number of hydrogen-bond acceptors (Lipinski definition) is 5. The van der Waals surface area contributed by atoms with Gasteiger partial charge >= 0.3 is 6.03 Å². The Morgan fingerprint density at radius 2 is 1.91 bits per heavy atom. The fourth-order valence-corrected chi connectivity index (χ4v) is 3.69. The van der Waals surface area contributed by atoms with Gasteiger partial charge < -0.3 is 29.8 Å². The van der Waals surface area contributed by atoms with Crippen molar-refractivity contribution in [1.82, 2.24) is 10.3 Å². The number of nitrogens with one attached hydrogen (secondary N) is 3. The van der Waals surface area contributed by atoms with Gasteiger partial charge in [0.1, 0.15) is 18.2 Å². The fraction of sp³-hybridized carbons (Fsp3) is 0.320. The maximum atomic E-state index is 11.9. The molecule has 33 heavy (non-hydrogen) atoms. The lowest BCUT2D eigenvalue weighted by molar-refractivity contribution is 0.133. The van der Waals surface area contributed by atoms with Crippen molar-refractivity contribution in [2.75, 3.05) is 50.2 Å². The summed E-state index contributed by atoms with van der Waals surface area (Å²) in [6, 6.07) is 17.9. The Hall–Kier alpha value is -3.49. The van der Waals surface area contributed by atoms with Crippen molar-refractivity contribution >= 4 is 23.2 Å². The van der Waals surface area contributed by atoms with Crippen molar-refractivity contribution in [2.45, 2.75) is 13.5 Å². The largest absolute Gasteiger partial charge is 0.491 e. The van der Waals surface area contributed by atoms with Crippen LogP contribution in [0, 0.1) is 0 Å². The van der Waals surface area contributed by atoms with Gasteiger partial charge in [-0.15, -0.1) is 0 Å². The van der Waals surface area contributed by atoms with Gasteiger partial charge in [-0.25, -0.2) is 4.79 Å². The Morgan fingerprint density at radius 3 is 2.64 bits per heavy atom. The number of benzene rings is 2. The van der Waals surface area contributed by atoms with Crippen molar-refractivity contribution < 1.29 is 19.0 Å². The van der Waals surface area contributed by atoms with Gasteiger partial charge in [-0.1, -0.05) is 12.1 Å². The Kier molecular flexibility index (Phi) is 7.49. The summed E-state index contributed by atoms with van der Waals surface area (Å²) in [6.45, 7) is 5.52. The molecule has 1 aromatic heterocycles. The minimum atomic E-state index is -0.0498. The first-order valence-corrected chi connectivity index (χ1v) is 11.1. The van der Waals surface area contributed by atoms with Crippen molar-refractivity contribution in [3.63, 3.8) is 0 Å². The van der Waals surface area contributed by atoms with Crippen LogP contribution < -0.4 is 20.3 Å². The third-order valence-corrected chi connectivity index (χ3v) is 5.31. The van der Waals surface area contributed by atoms with Crippen LogP contribution >= 0.6 is 0 Å². The molecule has 8 heteroatoms. The second-order valence-corrected chi connectivity index (χ2v) is 7.69. The van der Waals surface area contributed by atoms with Crippen LogP contribution in [0.25, 0.3) is 11.3 Å². The lowest BCUT2D eigenvalue weighted by atomic mass is 10.1. The fourth-order valence-electron chi connectivity index (χ4n) is 3.69. The van der Waals surface area contributed by atoms with Crippen LogP contribution in [-0.2, 0) is 16.1 Å². The summed E-state index contributed by atoms with van der Waals surface area (Å²) in [5, 5.41) is 6.24. The zero-order chi connectivity index (χ0) is 23.0. The number of rotatable bonds is 11. The number of H-pyrrole nitrogens is 1. The third-order valence-electron chi connectivity index (χ3n) is 5.31. The first-order chi connectivity index (χ1) is 16.2. The number of urea groups is 1. The van der Waals surface area contributed by atoms with E-state index in [1.165, 1.54) is 0 Å². The molecule has 2 heterocycles. The molecule has 1 saturated heterocycles. The number of anilines is 3. The number of amides is 2. The molecule has 0 unspecified atom stereocenters. The Morgan fingerprint density at radius 1 is 1.06 bits per heavy atom. The van der Waals surface area contributed by atoms with Crippen LogP contribution in [0.1, 0.15) is 12.5 Å². The summed E-state index contributed by atoms with van der Waals surface area (Å²) in [6.07, 6.45) is 0. The predicted molar refractivity (Wildman–Crippen MR) is 129 cm³/mol. The first kappa shape index (κ1) is 22.7. The van der Waals surface area contributed by atoms with Crippen LogP contribution in [0.4, 0.5) is 22.0 Å². The van der Waals surface area contributed by atoms with Gasteiger partial charge in [-0.05, 0) is 54.4 Å². The summed E-state index contributed by atoms with van der Waals surface area (Å²) >= 11 is 0. The number of carbonyl (C=O) groups excluding carboxylic acids is 1. The van der Waals surface area contributed by atoms with E-state index >= 15 is 0 Å². The molecule has 2 amide bonds. The van der Waals surface area contributed by atoms with Crippen molar-refractivity contribution in [3.05, 3.63) is 60.2 Å². The quantitative estimate of drug-likeness (QED) is 0.374.